The lowest BCUT2D eigenvalue weighted by molar-refractivity contribution is -0.117. The Morgan fingerprint density at radius 3 is 2.55 bits per heavy atom. The van der Waals surface area contributed by atoms with Gasteiger partial charge in [-0.1, -0.05) is 46.4 Å². The molecule has 170 valence electrons. The van der Waals surface area contributed by atoms with Gasteiger partial charge in [-0.15, -0.1) is 0 Å². The van der Waals surface area contributed by atoms with Crippen LogP contribution in [0.25, 0.3) is 11.1 Å². The molecule has 1 unspecified atom stereocenters. The molecule has 0 saturated heterocycles. The van der Waals surface area contributed by atoms with Crippen molar-refractivity contribution in [2.75, 3.05) is 11.9 Å². The molecule has 1 aromatic heterocycles. The molecular weight excluding hydrogens is 504 g/mol. The number of aromatic nitrogens is 1. The van der Waals surface area contributed by atoms with E-state index in [0.29, 0.717) is 28.8 Å². The second-order valence-electron chi connectivity index (χ2n) is 8.11. The Labute approximate surface area is 206 Å². The maximum atomic E-state index is 13.2. The van der Waals surface area contributed by atoms with Crippen molar-refractivity contribution in [2.45, 2.75) is 32.1 Å². The quantitative estimate of drug-likeness (QED) is 0.325. The van der Waals surface area contributed by atoms with Crippen molar-refractivity contribution in [3.8, 4) is 11.1 Å². The number of nitrogens with zero attached hydrogens (tertiary/aromatic N) is 1. The Morgan fingerprint density at radius 1 is 1.15 bits per heavy atom. The Balaban J connectivity index is 1.51. The lowest BCUT2D eigenvalue weighted by Crippen LogP contribution is -2.22. The van der Waals surface area contributed by atoms with Gasteiger partial charge in [0.05, 0.1) is 23.8 Å². The van der Waals surface area contributed by atoms with Crippen LogP contribution in [0.2, 0.25) is 5.02 Å². The van der Waals surface area contributed by atoms with Crippen molar-refractivity contribution in [3.63, 3.8) is 0 Å². The van der Waals surface area contributed by atoms with Gasteiger partial charge < -0.3 is 10.1 Å². The van der Waals surface area contributed by atoms with E-state index in [1.807, 2.05) is 30.3 Å². The Kier molecular flexibility index (Phi) is 7.46. The topological polar surface area (TPSA) is 68.3 Å². The molecule has 0 spiro atoms. The summed E-state index contributed by atoms with van der Waals surface area (Å²) in [7, 11) is 0. The van der Waals surface area contributed by atoms with E-state index in [9.17, 15) is 9.59 Å². The van der Waals surface area contributed by atoms with Gasteiger partial charge in [-0.2, -0.15) is 0 Å². The average Bonchev–Trinajstić information content (AvgIpc) is 3.64. The fourth-order valence-electron chi connectivity index (χ4n) is 3.67. The van der Waals surface area contributed by atoms with Crippen LogP contribution < -0.4 is 5.32 Å². The van der Waals surface area contributed by atoms with Gasteiger partial charge in [-0.05, 0) is 73.4 Å². The minimum absolute atomic E-state index is 0.102. The Morgan fingerprint density at radius 2 is 1.91 bits per heavy atom. The summed E-state index contributed by atoms with van der Waals surface area (Å²) >= 11 is 9.71. The summed E-state index contributed by atoms with van der Waals surface area (Å²) in [5, 5.41) is 3.63. The number of hydrogen-bond donors (Lipinski definition) is 1. The fraction of sp³-hybridized carbons (Fsp3) is 0.269. The average molecular weight is 528 g/mol. The van der Waals surface area contributed by atoms with Gasteiger partial charge in [0, 0.05) is 26.9 Å². The molecule has 3 aromatic rings. The number of carbonyl (C=O) groups is 2. The number of anilines is 1. The molecule has 1 atom stereocenters. The van der Waals surface area contributed by atoms with Gasteiger partial charge in [-0.25, -0.2) is 4.79 Å². The molecule has 2 aromatic carbocycles. The zero-order valence-corrected chi connectivity index (χ0v) is 20.5. The number of rotatable bonds is 8. The highest BCUT2D eigenvalue weighted by Crippen LogP contribution is 2.39. The summed E-state index contributed by atoms with van der Waals surface area (Å²) in [6, 6.07) is 16.2. The van der Waals surface area contributed by atoms with E-state index >= 15 is 0 Å². The first kappa shape index (κ1) is 23.5. The van der Waals surface area contributed by atoms with E-state index in [1.165, 1.54) is 0 Å². The Bertz CT molecular complexity index is 1150. The Hall–Kier alpha value is -2.70. The molecule has 1 heterocycles. The van der Waals surface area contributed by atoms with Gasteiger partial charge in [-0.3, -0.25) is 9.78 Å². The van der Waals surface area contributed by atoms with Gasteiger partial charge in [0.25, 0.3) is 0 Å². The van der Waals surface area contributed by atoms with E-state index in [2.05, 4.69) is 26.2 Å². The molecule has 5 nitrogen and oxygen atoms in total. The largest absolute Gasteiger partial charge is 0.462 e. The molecule has 1 N–H and O–H groups in total. The number of benzene rings is 2. The first-order chi connectivity index (χ1) is 15.9. The van der Waals surface area contributed by atoms with Crippen LogP contribution in [0.3, 0.4) is 0 Å². The van der Waals surface area contributed by atoms with Crippen LogP contribution >= 0.6 is 27.5 Å². The third kappa shape index (κ3) is 6.01. The van der Waals surface area contributed by atoms with Crippen molar-refractivity contribution < 1.29 is 14.3 Å². The van der Waals surface area contributed by atoms with E-state index < -0.39 is 0 Å². The summed E-state index contributed by atoms with van der Waals surface area (Å²) in [5.41, 5.74) is 3.70. The summed E-state index contributed by atoms with van der Waals surface area (Å²) in [5.74, 6) is -0.276. The summed E-state index contributed by atoms with van der Waals surface area (Å²) in [4.78, 5) is 29.7. The number of esters is 1. The number of halogens is 2. The predicted octanol–water partition coefficient (Wildman–Crippen LogP) is 6.86. The summed E-state index contributed by atoms with van der Waals surface area (Å²) in [6.45, 7) is 2.08. The molecule has 0 bridgehead atoms. The monoisotopic (exact) mass is 526 g/mol. The number of ether oxygens (including phenoxy) is 1. The third-order valence-corrected chi connectivity index (χ3v) is 6.56. The summed E-state index contributed by atoms with van der Waals surface area (Å²) < 4.78 is 5.94. The fourth-order valence-corrected chi connectivity index (χ4v) is 4.32. The highest BCUT2D eigenvalue weighted by atomic mass is 79.9. The lowest BCUT2D eigenvalue weighted by atomic mass is 9.95. The van der Waals surface area contributed by atoms with Crippen LogP contribution in [0.1, 0.15) is 48.2 Å². The smallest absolute Gasteiger partial charge is 0.338 e. The van der Waals surface area contributed by atoms with Crippen LogP contribution in [0.5, 0.6) is 0 Å². The first-order valence-corrected chi connectivity index (χ1v) is 12.1. The number of amides is 1. The van der Waals surface area contributed by atoms with Gasteiger partial charge in [0.15, 0.2) is 0 Å². The number of pyridine rings is 1. The molecule has 0 aliphatic heterocycles. The normalized spacial score (nSPS) is 13.9. The van der Waals surface area contributed by atoms with E-state index in [-0.39, 0.29) is 17.8 Å². The van der Waals surface area contributed by atoms with Crippen molar-refractivity contribution in [1.82, 2.24) is 4.98 Å². The van der Waals surface area contributed by atoms with Crippen LogP contribution in [0.4, 0.5) is 5.69 Å². The zero-order valence-electron chi connectivity index (χ0n) is 18.2. The second-order valence-corrected chi connectivity index (χ2v) is 9.41. The standard InChI is InChI=1S/C26H24BrClN2O3/c1-2-33-26(32)17-5-9-20(10-6-17)30-25(31)22(13-16-3-4-16)24-12-7-18(15-29-24)21-14-19(28)8-11-23(21)27/h5-12,14-16,22H,2-4,13H2,1H3,(H,30,31). The molecule has 1 aliphatic rings. The molecule has 1 amide bonds. The van der Waals surface area contributed by atoms with Crippen molar-refractivity contribution in [2.24, 2.45) is 5.92 Å². The van der Waals surface area contributed by atoms with Crippen LogP contribution in [0.15, 0.2) is 65.3 Å². The number of carbonyl (C=O) groups excluding carboxylic acids is 2. The minimum atomic E-state index is -0.377. The maximum absolute atomic E-state index is 13.2. The summed E-state index contributed by atoms with van der Waals surface area (Å²) in [6.07, 6.45) is 4.84. The highest BCUT2D eigenvalue weighted by molar-refractivity contribution is 9.10. The van der Waals surface area contributed by atoms with Gasteiger partial charge in [0.1, 0.15) is 0 Å². The minimum Gasteiger partial charge on any atom is -0.462 e. The van der Waals surface area contributed by atoms with Crippen LogP contribution in [-0.2, 0) is 9.53 Å². The number of nitrogens with one attached hydrogen (secondary N) is 1. The third-order valence-electron chi connectivity index (χ3n) is 5.63. The molecule has 1 aliphatic carbocycles. The number of hydrogen-bond acceptors (Lipinski definition) is 4. The predicted molar refractivity (Wildman–Crippen MR) is 133 cm³/mol. The van der Waals surface area contributed by atoms with Crippen molar-refractivity contribution in [3.05, 3.63) is 81.5 Å². The SMILES string of the molecule is CCOC(=O)c1ccc(NC(=O)C(CC2CC2)c2ccc(-c3cc(Cl)ccc3Br)cn2)cc1. The van der Waals surface area contributed by atoms with Crippen molar-refractivity contribution >= 4 is 45.1 Å². The maximum Gasteiger partial charge on any atom is 0.338 e. The molecular formula is C26H24BrClN2O3. The van der Waals surface area contributed by atoms with Crippen molar-refractivity contribution in [1.29, 1.82) is 0 Å². The molecule has 1 fully saturated rings. The lowest BCUT2D eigenvalue weighted by Gasteiger charge is -2.17. The highest BCUT2D eigenvalue weighted by Gasteiger charge is 2.31. The van der Waals surface area contributed by atoms with Crippen LogP contribution in [-0.4, -0.2) is 23.5 Å². The molecule has 4 rings (SSSR count). The van der Waals surface area contributed by atoms with Gasteiger partial charge in [0.2, 0.25) is 5.91 Å². The van der Waals surface area contributed by atoms with E-state index in [4.69, 9.17) is 16.3 Å². The molecule has 0 radical (unpaired) electrons. The second kappa shape index (κ2) is 10.5. The molecule has 33 heavy (non-hydrogen) atoms. The molecule has 7 heteroatoms. The van der Waals surface area contributed by atoms with Gasteiger partial charge >= 0.3 is 5.97 Å². The van der Waals surface area contributed by atoms with E-state index in [0.717, 1.165) is 40.6 Å². The van der Waals surface area contributed by atoms with E-state index in [1.54, 1.807) is 37.4 Å². The zero-order chi connectivity index (χ0) is 23.4. The first-order valence-electron chi connectivity index (χ1n) is 10.9. The van der Waals surface area contributed by atoms with Crippen LogP contribution in [0, 0.1) is 5.92 Å². The molecule has 1 saturated carbocycles.